The maximum atomic E-state index is 8.40. The summed E-state index contributed by atoms with van der Waals surface area (Å²) in [7, 11) is 13.6. The van der Waals surface area contributed by atoms with E-state index >= 15 is 0 Å². The molecule has 0 aliphatic carbocycles. The van der Waals surface area contributed by atoms with Crippen LogP contribution in [0.4, 0.5) is 0 Å². The van der Waals surface area contributed by atoms with E-state index in [0.29, 0.717) is 5.71 Å². The van der Waals surface area contributed by atoms with E-state index in [9.17, 15) is 0 Å². The summed E-state index contributed by atoms with van der Waals surface area (Å²) in [5.41, 5.74) is 16.1. The standard InChI is InChI=1S/C5H8N8.3ClH.2Pd/c1-3(11-13-5(8)9)2-10-12-4(6)7;;;;;/h2H,1H3,(H4-4,6,7,8,9,12,13);3*1H;;/q-4;;;;2*+2/p-2/b10-2+,11-3+;;;;;. The van der Waals surface area contributed by atoms with E-state index < -0.39 is 11.9 Å². The zero-order valence-corrected chi connectivity index (χ0v) is 14.1. The Morgan fingerprint density at radius 1 is 1.33 bits per heavy atom. The van der Waals surface area contributed by atoms with Crippen molar-refractivity contribution in [3.63, 3.8) is 0 Å². The minimum atomic E-state index is -0.658. The first-order valence-electron chi connectivity index (χ1n) is 3.51. The molecule has 13 heteroatoms. The van der Waals surface area contributed by atoms with Gasteiger partial charge in [-0.2, -0.15) is 11.9 Å². The predicted octanol–water partition coefficient (Wildman–Crippen LogP) is 0.970. The van der Waals surface area contributed by atoms with E-state index in [1.165, 1.54) is 6.21 Å². The Morgan fingerprint density at radius 2 is 1.72 bits per heavy atom. The van der Waals surface area contributed by atoms with Crippen LogP contribution in [-0.4, -0.2) is 23.8 Å². The summed E-state index contributed by atoms with van der Waals surface area (Å²) in [6, 6.07) is 0. The third-order valence-electron chi connectivity index (χ3n) is 0.715. The Labute approximate surface area is 136 Å². The van der Waals surface area contributed by atoms with Gasteiger partial charge in [0.1, 0.15) is 0 Å². The van der Waals surface area contributed by atoms with Crippen molar-refractivity contribution in [3.05, 3.63) is 21.7 Å². The predicted molar refractivity (Wildman–Crippen MR) is 66.5 cm³/mol. The summed E-state index contributed by atoms with van der Waals surface area (Å²) in [4.78, 5) is 0. The molecule has 0 rings (SSSR count). The maximum absolute atomic E-state index is 8.40. The second kappa shape index (κ2) is 19.4. The molecule has 0 aromatic carbocycles. The fraction of sp³-hybridized carbons (Fsp3) is 0.200. The summed E-state index contributed by atoms with van der Waals surface area (Å²) in [5, 5.41) is 23.5. The average Bonchev–Trinajstić information content (AvgIpc) is 2.29. The molecule has 0 radical (unpaired) electrons. The number of hydrogen-bond acceptors (Lipinski definition) is 2. The topological polar surface area (TPSA) is 150 Å². The number of nitrogens with zero attached hydrogens (tertiary/aromatic N) is 6. The zero-order valence-electron chi connectivity index (χ0n) is 8.71. The van der Waals surface area contributed by atoms with Crippen LogP contribution in [0.3, 0.4) is 0 Å². The van der Waals surface area contributed by atoms with Crippen molar-refractivity contribution in [1.82, 2.24) is 0 Å². The molecular weight excluding hydrogens is 491 g/mol. The molecule has 4 N–H and O–H groups in total. The molecule has 0 bridgehead atoms. The van der Waals surface area contributed by atoms with E-state index in [1.807, 2.05) is 0 Å². The summed E-state index contributed by atoms with van der Waals surface area (Å²) >= 11 is 2.23. The van der Waals surface area contributed by atoms with Gasteiger partial charge in [0.25, 0.3) is 0 Å². The van der Waals surface area contributed by atoms with Gasteiger partial charge in [-0.15, -0.1) is 0 Å². The number of nitrogens with two attached hydrogens (primary N) is 2. The van der Waals surface area contributed by atoms with Crippen LogP contribution in [0.15, 0.2) is 10.2 Å². The van der Waals surface area contributed by atoms with Gasteiger partial charge in [0, 0.05) is 11.9 Å². The second-order valence-electron chi connectivity index (χ2n) is 1.95. The molecule has 8 nitrogen and oxygen atoms in total. The molecule has 0 aromatic rings. The van der Waals surface area contributed by atoms with Crippen molar-refractivity contribution >= 4 is 42.9 Å². The molecular formula is C5H9Cl3N8Pd2-2. The van der Waals surface area contributed by atoms with Crippen LogP contribution in [0.5, 0.6) is 0 Å². The fourth-order valence-electron chi connectivity index (χ4n) is 0.327. The van der Waals surface area contributed by atoms with Crippen LogP contribution in [0.2, 0.25) is 0 Å². The molecule has 0 unspecified atom stereocenters. The molecule has 0 aliphatic rings. The molecule has 18 heavy (non-hydrogen) atoms. The average molecular weight is 500 g/mol. The second-order valence-corrected chi connectivity index (χ2v) is 4.50. The van der Waals surface area contributed by atoms with Gasteiger partial charge in [-0.25, -0.2) is 0 Å². The summed E-state index contributed by atoms with van der Waals surface area (Å²) in [6.45, 7) is 1.54. The first kappa shape index (κ1) is 23.2. The van der Waals surface area contributed by atoms with Gasteiger partial charge >= 0.3 is 62.7 Å². The number of hydrogen-bond donors (Lipinski definition) is 2. The van der Waals surface area contributed by atoms with Crippen molar-refractivity contribution in [2.75, 3.05) is 0 Å². The monoisotopic (exact) mass is 498 g/mol. The Bertz CT molecular complexity index is 284. The molecule has 0 saturated heterocycles. The molecule has 0 fully saturated rings. The van der Waals surface area contributed by atoms with Crippen molar-refractivity contribution in [1.29, 1.82) is 0 Å². The van der Waals surface area contributed by atoms with Gasteiger partial charge in [-0.05, 0) is 6.92 Å². The van der Waals surface area contributed by atoms with Gasteiger partial charge in [0.2, 0.25) is 0 Å². The molecule has 0 spiro atoms. The Morgan fingerprint density at radius 3 is 2.06 bits per heavy atom. The van der Waals surface area contributed by atoms with Crippen molar-refractivity contribution < 1.29 is 43.6 Å². The zero-order chi connectivity index (χ0) is 15.0. The fourth-order valence-corrected chi connectivity index (χ4v) is 0.327. The van der Waals surface area contributed by atoms with E-state index in [2.05, 4.69) is 58.3 Å². The molecule has 0 saturated carbocycles. The molecule has 0 heterocycles. The van der Waals surface area contributed by atoms with Crippen molar-refractivity contribution in [3.8, 4) is 0 Å². The SMILES string of the molecule is CC(/C=N/[N-]C(=[N-])N)=N\[N-]C(=[N-])N.[Cl][Pd+].[Cl][Pd][ClH+]. The Balaban J connectivity index is -0.000000389. The number of rotatable bonds is 3. The molecule has 0 amide bonds. The quantitative estimate of drug-likeness (QED) is 0.257. The first-order chi connectivity index (χ1) is 8.43. The first-order valence-corrected chi connectivity index (χ1v) is 9.68. The molecule has 0 aliphatic heterocycles. The van der Waals surface area contributed by atoms with E-state index in [4.69, 9.17) is 31.8 Å². The van der Waals surface area contributed by atoms with Gasteiger partial charge in [-0.1, -0.05) is 0 Å². The van der Waals surface area contributed by atoms with E-state index in [0.717, 1.165) is 0 Å². The Hall–Kier alpha value is 0.0747. The van der Waals surface area contributed by atoms with Crippen LogP contribution in [0.1, 0.15) is 6.92 Å². The molecule has 0 atom stereocenters. The third kappa shape index (κ3) is 29.8. The minimum absolute atomic E-state index is 0.00556. The van der Waals surface area contributed by atoms with Gasteiger partial charge < -0.3 is 38.2 Å². The van der Waals surface area contributed by atoms with Gasteiger partial charge in [0.15, 0.2) is 0 Å². The summed E-state index contributed by atoms with van der Waals surface area (Å²) in [5.74, 6) is -1.31. The summed E-state index contributed by atoms with van der Waals surface area (Å²) in [6.07, 6.45) is 1.18. The van der Waals surface area contributed by atoms with E-state index in [1.54, 1.807) is 6.92 Å². The van der Waals surface area contributed by atoms with Crippen LogP contribution in [0, 0.1) is 9.53 Å². The molecule has 112 valence electrons. The third-order valence-corrected chi connectivity index (χ3v) is 0.715. The molecule has 0 aromatic heterocycles. The number of guanidine groups is 2. The van der Waals surface area contributed by atoms with Crippen LogP contribution >= 0.6 is 19.1 Å². The van der Waals surface area contributed by atoms with Crippen molar-refractivity contribution in [2.45, 2.75) is 6.92 Å². The van der Waals surface area contributed by atoms with E-state index in [-0.39, 0.29) is 15.9 Å². The summed E-state index contributed by atoms with van der Waals surface area (Å²) < 4.78 is 0. The van der Waals surface area contributed by atoms with Gasteiger partial charge in [0.05, 0.1) is 0 Å². The normalized spacial score (nSPS) is 9.78. The van der Waals surface area contributed by atoms with Crippen LogP contribution in [0.25, 0.3) is 21.7 Å². The Kier molecular flexibility index (Phi) is 25.0. The number of halogens is 3. The van der Waals surface area contributed by atoms with Crippen LogP contribution < -0.4 is 11.5 Å². The van der Waals surface area contributed by atoms with Gasteiger partial charge in [-0.3, -0.25) is 5.10 Å². The van der Waals surface area contributed by atoms with Crippen molar-refractivity contribution in [2.24, 2.45) is 21.7 Å². The van der Waals surface area contributed by atoms with Crippen LogP contribution in [-0.2, 0) is 34.1 Å².